The van der Waals surface area contributed by atoms with E-state index in [0.717, 1.165) is 46.1 Å². The molecule has 1 saturated heterocycles. The summed E-state index contributed by atoms with van der Waals surface area (Å²) >= 11 is 0. The van der Waals surface area contributed by atoms with Gasteiger partial charge in [-0.1, -0.05) is 115 Å². The van der Waals surface area contributed by atoms with E-state index in [4.69, 9.17) is 4.42 Å². The Balaban J connectivity index is 1.17. The lowest BCUT2D eigenvalue weighted by Crippen LogP contribution is -2.14. The van der Waals surface area contributed by atoms with Crippen LogP contribution in [0.3, 0.4) is 0 Å². The van der Waals surface area contributed by atoms with E-state index in [1.54, 1.807) is 0 Å². The van der Waals surface area contributed by atoms with Crippen molar-refractivity contribution in [2.75, 3.05) is 6.54 Å². The summed E-state index contributed by atoms with van der Waals surface area (Å²) in [4.78, 5) is 0. The summed E-state index contributed by atoms with van der Waals surface area (Å²) in [6.45, 7) is 1.05. The van der Waals surface area contributed by atoms with Crippen molar-refractivity contribution in [1.82, 2.24) is 9.88 Å². The highest BCUT2D eigenvalue weighted by Gasteiger charge is 2.30. The van der Waals surface area contributed by atoms with Crippen LogP contribution in [0.2, 0.25) is 0 Å². The fourth-order valence-corrected chi connectivity index (χ4v) is 8.55. The maximum atomic E-state index is 6.65. The Morgan fingerprint density at radius 3 is 2.24 bits per heavy atom. The van der Waals surface area contributed by atoms with Crippen molar-refractivity contribution in [2.45, 2.75) is 18.4 Å². The Morgan fingerprint density at radius 1 is 0.571 bits per heavy atom. The molecule has 1 fully saturated rings. The summed E-state index contributed by atoms with van der Waals surface area (Å²) < 4.78 is 9.03. The maximum absolute atomic E-state index is 6.65. The van der Waals surface area contributed by atoms with Crippen molar-refractivity contribution in [3.8, 4) is 27.9 Å². The number of para-hydroxylation sites is 2. The molecule has 1 N–H and O–H groups in total. The largest absolute Gasteiger partial charge is 0.454 e. The predicted octanol–water partition coefficient (Wildman–Crippen LogP) is 11.3. The van der Waals surface area contributed by atoms with Crippen molar-refractivity contribution in [3.05, 3.63) is 174 Å². The SMILES string of the molecule is c1ccc(-n2c3ccc(-c4ccc(C5CN5)cc4C4Cc5ccccc5-c5ccccc54)cc3c3ccc4c5ccccc5oc4c32)cc1. The Morgan fingerprint density at radius 2 is 1.35 bits per heavy atom. The second-order valence-corrected chi connectivity index (χ2v) is 13.6. The lowest BCUT2D eigenvalue weighted by molar-refractivity contribution is 0.671. The average molecular weight is 629 g/mol. The molecular formula is C46H32N2O. The molecule has 2 aliphatic rings. The van der Waals surface area contributed by atoms with Gasteiger partial charge in [-0.15, -0.1) is 0 Å². The number of rotatable bonds is 4. The number of aromatic nitrogens is 1. The predicted molar refractivity (Wildman–Crippen MR) is 202 cm³/mol. The van der Waals surface area contributed by atoms with Crippen LogP contribution in [0.25, 0.3) is 71.7 Å². The van der Waals surface area contributed by atoms with E-state index in [-0.39, 0.29) is 5.92 Å². The second kappa shape index (κ2) is 10.3. The fraction of sp³-hybridized carbons (Fsp3) is 0.0870. The molecule has 0 spiro atoms. The van der Waals surface area contributed by atoms with Gasteiger partial charge in [0, 0.05) is 45.7 Å². The number of nitrogens with zero attached hydrogens (tertiary/aromatic N) is 1. The number of hydrogen-bond acceptors (Lipinski definition) is 2. The third-order valence-corrected chi connectivity index (χ3v) is 10.9. The number of hydrogen-bond donors (Lipinski definition) is 1. The molecule has 3 nitrogen and oxygen atoms in total. The second-order valence-electron chi connectivity index (χ2n) is 13.6. The summed E-state index contributed by atoms with van der Waals surface area (Å²) in [7, 11) is 0. The van der Waals surface area contributed by atoms with E-state index in [1.165, 1.54) is 60.8 Å². The molecule has 3 heteroatoms. The third kappa shape index (κ3) is 4.06. The molecule has 49 heavy (non-hydrogen) atoms. The first kappa shape index (κ1) is 27.1. The van der Waals surface area contributed by atoms with Crippen molar-refractivity contribution in [1.29, 1.82) is 0 Å². The van der Waals surface area contributed by atoms with Gasteiger partial charge in [-0.25, -0.2) is 0 Å². The first-order chi connectivity index (χ1) is 24.3. The zero-order chi connectivity index (χ0) is 32.1. The maximum Gasteiger partial charge on any atom is 0.160 e. The summed E-state index contributed by atoms with van der Waals surface area (Å²) in [6, 6.07) is 56.3. The Labute approximate surface area is 284 Å². The molecule has 2 aromatic heterocycles. The van der Waals surface area contributed by atoms with E-state index >= 15 is 0 Å². The first-order valence-electron chi connectivity index (χ1n) is 17.3. The molecule has 232 valence electrons. The number of benzene rings is 7. The van der Waals surface area contributed by atoms with Gasteiger partial charge in [-0.2, -0.15) is 0 Å². The monoisotopic (exact) mass is 628 g/mol. The quantitative estimate of drug-likeness (QED) is 0.197. The van der Waals surface area contributed by atoms with Crippen LogP contribution in [0.15, 0.2) is 156 Å². The normalized spacial score (nSPS) is 16.7. The fourth-order valence-electron chi connectivity index (χ4n) is 8.55. The molecule has 11 rings (SSSR count). The average Bonchev–Trinajstić information content (AvgIpc) is 3.87. The molecule has 0 amide bonds. The molecule has 0 radical (unpaired) electrons. The lowest BCUT2D eigenvalue weighted by atomic mass is 9.73. The number of fused-ring (bicyclic) bond motifs is 10. The topological polar surface area (TPSA) is 40.0 Å². The Bertz CT molecular complexity index is 2760. The van der Waals surface area contributed by atoms with Crippen LogP contribution in [-0.2, 0) is 6.42 Å². The van der Waals surface area contributed by atoms with E-state index in [0.29, 0.717) is 6.04 Å². The van der Waals surface area contributed by atoms with Crippen LogP contribution in [0, 0.1) is 0 Å². The van der Waals surface area contributed by atoms with Gasteiger partial charge in [0.15, 0.2) is 5.58 Å². The van der Waals surface area contributed by atoms with E-state index in [2.05, 4.69) is 155 Å². The highest BCUT2D eigenvalue weighted by molar-refractivity contribution is 6.21. The van der Waals surface area contributed by atoms with Crippen LogP contribution in [0.4, 0.5) is 0 Å². The summed E-state index contributed by atoms with van der Waals surface area (Å²) in [5.41, 5.74) is 16.1. The van der Waals surface area contributed by atoms with Crippen molar-refractivity contribution in [3.63, 3.8) is 0 Å². The van der Waals surface area contributed by atoms with Gasteiger partial charge in [-0.05, 0) is 87.3 Å². The zero-order valence-corrected chi connectivity index (χ0v) is 26.9. The Hall–Kier alpha value is -5.90. The first-order valence-corrected chi connectivity index (χ1v) is 17.3. The van der Waals surface area contributed by atoms with Crippen LogP contribution < -0.4 is 5.32 Å². The van der Waals surface area contributed by atoms with E-state index in [1.807, 2.05) is 6.07 Å². The van der Waals surface area contributed by atoms with Crippen molar-refractivity contribution >= 4 is 43.7 Å². The van der Waals surface area contributed by atoms with Crippen LogP contribution in [0.5, 0.6) is 0 Å². The molecule has 3 heterocycles. The van der Waals surface area contributed by atoms with Crippen molar-refractivity contribution in [2.24, 2.45) is 0 Å². The number of nitrogens with one attached hydrogen (secondary N) is 1. The zero-order valence-electron chi connectivity index (χ0n) is 26.9. The molecule has 9 aromatic rings. The van der Waals surface area contributed by atoms with Gasteiger partial charge >= 0.3 is 0 Å². The molecule has 1 aliphatic carbocycles. The minimum atomic E-state index is 0.260. The van der Waals surface area contributed by atoms with Crippen molar-refractivity contribution < 1.29 is 4.42 Å². The summed E-state index contributed by atoms with van der Waals surface area (Å²) in [6.07, 6.45) is 0.987. The standard InChI is InChI=1S/C46H32N2O/c1-2-11-31(12-3-1)48-43-23-19-29(25-41(43)37-21-22-38-36-16-8-9-17-44(36)49-46(38)45(37)48)33-20-18-30(42-27-47-42)26-39(33)40-24-28-10-4-5-13-32(28)34-14-6-7-15-35(34)40/h1-23,25-26,40,42,47H,24,27H2. The number of furan rings is 1. The summed E-state index contributed by atoms with van der Waals surface area (Å²) in [5, 5.41) is 8.27. The van der Waals surface area contributed by atoms with E-state index < -0.39 is 0 Å². The van der Waals surface area contributed by atoms with Gasteiger partial charge < -0.3 is 14.3 Å². The summed E-state index contributed by atoms with van der Waals surface area (Å²) in [5.74, 6) is 0.260. The van der Waals surface area contributed by atoms with Gasteiger partial charge in [0.25, 0.3) is 0 Å². The van der Waals surface area contributed by atoms with Crippen LogP contribution in [-0.4, -0.2) is 11.1 Å². The van der Waals surface area contributed by atoms with Crippen LogP contribution >= 0.6 is 0 Å². The smallest absolute Gasteiger partial charge is 0.160 e. The molecule has 2 unspecified atom stereocenters. The molecule has 0 bridgehead atoms. The van der Waals surface area contributed by atoms with Gasteiger partial charge in [0.05, 0.1) is 11.0 Å². The molecule has 0 saturated carbocycles. The third-order valence-electron chi connectivity index (χ3n) is 10.9. The van der Waals surface area contributed by atoms with Gasteiger partial charge in [0.2, 0.25) is 0 Å². The van der Waals surface area contributed by atoms with Gasteiger partial charge in [0.1, 0.15) is 5.58 Å². The highest BCUT2D eigenvalue weighted by atomic mass is 16.3. The highest BCUT2D eigenvalue weighted by Crippen LogP contribution is 2.47. The van der Waals surface area contributed by atoms with Gasteiger partial charge in [-0.3, -0.25) is 0 Å². The molecule has 2 atom stereocenters. The van der Waals surface area contributed by atoms with Crippen LogP contribution in [0.1, 0.15) is 34.2 Å². The minimum Gasteiger partial charge on any atom is -0.454 e. The minimum absolute atomic E-state index is 0.260. The van der Waals surface area contributed by atoms with E-state index in [9.17, 15) is 0 Å². The molecule has 1 aliphatic heterocycles. The molecule has 7 aromatic carbocycles. The Kier molecular flexibility index (Phi) is 5.69. The molecular weight excluding hydrogens is 597 g/mol. The lowest BCUT2D eigenvalue weighted by Gasteiger charge is -2.30.